The van der Waals surface area contributed by atoms with Crippen molar-refractivity contribution in [1.29, 1.82) is 0 Å². The van der Waals surface area contributed by atoms with E-state index in [9.17, 15) is 0 Å². The predicted octanol–water partition coefficient (Wildman–Crippen LogP) is 3.56. The SMILES string of the molecule is CC/C=C(\C=C/N)C1C=C(c2ccc3c(c2)=CC2C=COC2C=3)C=CC1. The van der Waals surface area contributed by atoms with E-state index in [1.54, 1.807) is 6.20 Å². The van der Waals surface area contributed by atoms with Gasteiger partial charge in [0.25, 0.3) is 0 Å². The van der Waals surface area contributed by atoms with Crippen LogP contribution in [0.25, 0.3) is 17.7 Å². The molecule has 0 saturated heterocycles. The van der Waals surface area contributed by atoms with Crippen LogP contribution in [0.5, 0.6) is 0 Å². The summed E-state index contributed by atoms with van der Waals surface area (Å²) in [7, 11) is 0. The van der Waals surface area contributed by atoms with Crippen molar-refractivity contribution in [2.75, 3.05) is 0 Å². The third kappa shape index (κ3) is 3.20. The smallest absolute Gasteiger partial charge is 0.127 e. The Hall–Kier alpha value is -2.74. The van der Waals surface area contributed by atoms with E-state index in [1.165, 1.54) is 27.1 Å². The van der Waals surface area contributed by atoms with Crippen molar-refractivity contribution in [3.8, 4) is 0 Å². The number of allylic oxidation sites excluding steroid dienone is 7. The van der Waals surface area contributed by atoms with Gasteiger partial charge >= 0.3 is 0 Å². The van der Waals surface area contributed by atoms with Gasteiger partial charge in [-0.1, -0.05) is 49.4 Å². The average molecular weight is 343 g/mol. The molecule has 2 heteroatoms. The maximum atomic E-state index is 5.65. The van der Waals surface area contributed by atoms with Gasteiger partial charge in [-0.2, -0.15) is 0 Å². The van der Waals surface area contributed by atoms with Crippen LogP contribution in [0.2, 0.25) is 0 Å². The molecule has 0 saturated carbocycles. The highest BCUT2D eigenvalue weighted by Crippen LogP contribution is 2.29. The molecular formula is C24H25NO. The number of nitrogens with two attached hydrogens (primary N) is 1. The highest BCUT2D eigenvalue weighted by Gasteiger charge is 2.22. The highest BCUT2D eigenvalue weighted by atomic mass is 16.5. The summed E-state index contributed by atoms with van der Waals surface area (Å²) in [5, 5.41) is 2.55. The molecule has 2 nitrogen and oxygen atoms in total. The Morgan fingerprint density at radius 1 is 1.23 bits per heavy atom. The first-order valence-corrected chi connectivity index (χ1v) is 9.41. The molecule has 1 aliphatic heterocycles. The first kappa shape index (κ1) is 16.7. The molecule has 3 aliphatic rings. The summed E-state index contributed by atoms with van der Waals surface area (Å²) >= 11 is 0. The molecule has 132 valence electrons. The standard InChI is InChI=1S/C24H25NO/c1-2-4-17(9-11-25)18-5-3-6-19(13-18)20-7-8-21-16-24-22(10-12-26-24)15-23(21)14-20/h3-4,6-16,18,22,24H,2,5,25H2,1H3/b11-9-,17-4+. The largest absolute Gasteiger partial charge is 0.493 e. The van der Waals surface area contributed by atoms with Gasteiger partial charge in [-0.3, -0.25) is 0 Å². The number of rotatable bonds is 4. The van der Waals surface area contributed by atoms with Gasteiger partial charge in [0.2, 0.25) is 0 Å². The number of hydrogen-bond acceptors (Lipinski definition) is 2. The summed E-state index contributed by atoms with van der Waals surface area (Å²) in [6.07, 6.45) is 23.5. The minimum Gasteiger partial charge on any atom is -0.493 e. The first-order valence-electron chi connectivity index (χ1n) is 9.41. The lowest BCUT2D eigenvalue weighted by molar-refractivity contribution is 0.210. The quantitative estimate of drug-likeness (QED) is 0.849. The third-order valence-electron chi connectivity index (χ3n) is 5.28. The van der Waals surface area contributed by atoms with Gasteiger partial charge in [0.05, 0.1) is 6.26 Å². The van der Waals surface area contributed by atoms with Crippen molar-refractivity contribution >= 4 is 17.7 Å². The van der Waals surface area contributed by atoms with E-state index in [4.69, 9.17) is 10.5 Å². The van der Waals surface area contributed by atoms with Crippen LogP contribution in [0.3, 0.4) is 0 Å². The molecule has 0 fully saturated rings. The topological polar surface area (TPSA) is 35.2 Å². The summed E-state index contributed by atoms with van der Waals surface area (Å²) in [5.74, 6) is 0.743. The van der Waals surface area contributed by atoms with Crippen LogP contribution in [-0.2, 0) is 4.74 Å². The zero-order valence-corrected chi connectivity index (χ0v) is 15.1. The van der Waals surface area contributed by atoms with E-state index in [0.717, 1.165) is 12.8 Å². The van der Waals surface area contributed by atoms with Gasteiger partial charge in [0.1, 0.15) is 6.10 Å². The molecule has 1 aromatic carbocycles. The Bertz CT molecular complexity index is 958. The van der Waals surface area contributed by atoms with E-state index in [1.807, 2.05) is 12.3 Å². The maximum absolute atomic E-state index is 5.65. The predicted molar refractivity (Wildman–Crippen MR) is 109 cm³/mol. The lowest BCUT2D eigenvalue weighted by Gasteiger charge is -2.19. The number of ether oxygens (including phenoxy) is 1. The van der Waals surface area contributed by atoms with Crippen LogP contribution in [0.1, 0.15) is 25.3 Å². The van der Waals surface area contributed by atoms with E-state index >= 15 is 0 Å². The summed E-state index contributed by atoms with van der Waals surface area (Å²) in [5.41, 5.74) is 9.49. The lowest BCUT2D eigenvalue weighted by atomic mass is 9.86. The van der Waals surface area contributed by atoms with E-state index in [0.29, 0.717) is 11.8 Å². The summed E-state index contributed by atoms with van der Waals surface area (Å²) in [6, 6.07) is 6.72. The number of fused-ring (bicyclic) bond motifs is 2. The molecule has 2 aliphatic carbocycles. The minimum absolute atomic E-state index is 0.163. The molecule has 0 spiro atoms. The van der Waals surface area contributed by atoms with Crippen molar-refractivity contribution in [1.82, 2.24) is 0 Å². The summed E-state index contributed by atoms with van der Waals surface area (Å²) in [4.78, 5) is 0. The molecule has 0 amide bonds. The highest BCUT2D eigenvalue weighted by molar-refractivity contribution is 5.76. The van der Waals surface area contributed by atoms with Crippen LogP contribution >= 0.6 is 0 Å². The van der Waals surface area contributed by atoms with Gasteiger partial charge in [0.15, 0.2) is 0 Å². The molecule has 4 rings (SSSR count). The van der Waals surface area contributed by atoms with Crippen LogP contribution in [0.4, 0.5) is 0 Å². The molecule has 1 heterocycles. The average Bonchev–Trinajstić information content (AvgIpc) is 3.13. The van der Waals surface area contributed by atoms with Crippen LogP contribution in [0, 0.1) is 11.8 Å². The fourth-order valence-corrected chi connectivity index (χ4v) is 3.96. The lowest BCUT2D eigenvalue weighted by Crippen LogP contribution is -2.34. The van der Waals surface area contributed by atoms with Crippen molar-refractivity contribution in [3.05, 3.63) is 88.7 Å². The number of benzene rings is 1. The number of hydrogen-bond donors (Lipinski definition) is 1. The van der Waals surface area contributed by atoms with E-state index in [-0.39, 0.29) is 6.10 Å². The zero-order valence-electron chi connectivity index (χ0n) is 15.1. The molecule has 0 aromatic heterocycles. The molecular weight excluding hydrogens is 318 g/mol. The Kier molecular flexibility index (Phi) is 4.66. The molecule has 0 radical (unpaired) electrons. The van der Waals surface area contributed by atoms with E-state index < -0.39 is 0 Å². The fourth-order valence-electron chi connectivity index (χ4n) is 3.96. The van der Waals surface area contributed by atoms with Crippen molar-refractivity contribution in [2.24, 2.45) is 17.6 Å². The first-order chi connectivity index (χ1) is 12.8. The van der Waals surface area contributed by atoms with Gasteiger partial charge in [-0.05, 0) is 70.5 Å². The zero-order chi connectivity index (χ0) is 17.9. The monoisotopic (exact) mass is 343 g/mol. The molecule has 3 unspecified atom stereocenters. The Morgan fingerprint density at radius 2 is 2.15 bits per heavy atom. The third-order valence-corrected chi connectivity index (χ3v) is 5.28. The normalized spacial score (nSPS) is 26.6. The summed E-state index contributed by atoms with van der Waals surface area (Å²) < 4.78 is 5.63. The molecule has 2 N–H and O–H groups in total. The van der Waals surface area contributed by atoms with Gasteiger partial charge < -0.3 is 10.5 Å². The fraction of sp³-hybridized carbons (Fsp3) is 0.250. The minimum atomic E-state index is 0.163. The molecule has 1 aromatic rings. The second-order valence-corrected chi connectivity index (χ2v) is 7.02. The Labute approximate surface area is 155 Å². The molecule has 26 heavy (non-hydrogen) atoms. The Morgan fingerprint density at radius 3 is 3.00 bits per heavy atom. The van der Waals surface area contributed by atoms with E-state index in [2.05, 4.69) is 67.7 Å². The van der Waals surface area contributed by atoms with Gasteiger partial charge in [0, 0.05) is 11.8 Å². The van der Waals surface area contributed by atoms with Gasteiger partial charge in [-0.25, -0.2) is 0 Å². The second-order valence-electron chi connectivity index (χ2n) is 7.02. The van der Waals surface area contributed by atoms with Crippen LogP contribution in [0.15, 0.2) is 72.7 Å². The maximum Gasteiger partial charge on any atom is 0.127 e. The van der Waals surface area contributed by atoms with Crippen LogP contribution < -0.4 is 16.2 Å². The molecule has 3 atom stereocenters. The Balaban J connectivity index is 1.70. The van der Waals surface area contributed by atoms with Crippen molar-refractivity contribution in [2.45, 2.75) is 25.9 Å². The molecule has 0 bridgehead atoms. The summed E-state index contributed by atoms with van der Waals surface area (Å²) in [6.45, 7) is 2.16. The van der Waals surface area contributed by atoms with Crippen molar-refractivity contribution in [3.63, 3.8) is 0 Å². The van der Waals surface area contributed by atoms with Crippen LogP contribution in [-0.4, -0.2) is 6.10 Å². The van der Waals surface area contributed by atoms with Crippen molar-refractivity contribution < 1.29 is 4.74 Å². The second kappa shape index (κ2) is 7.25. The van der Waals surface area contributed by atoms with Gasteiger partial charge in [-0.15, -0.1) is 0 Å².